The monoisotopic (exact) mass is 438 g/mol. The highest BCUT2D eigenvalue weighted by atomic mass is 35.5. The number of hydrogen-bond donors (Lipinski definition) is 1. The van der Waals surface area contributed by atoms with Gasteiger partial charge in [0.1, 0.15) is 23.4 Å². The molecule has 2 aromatic carbocycles. The van der Waals surface area contributed by atoms with Crippen molar-refractivity contribution in [1.82, 2.24) is 10.3 Å². The van der Waals surface area contributed by atoms with E-state index in [9.17, 15) is 4.79 Å². The van der Waals surface area contributed by atoms with E-state index < -0.39 is 0 Å². The van der Waals surface area contributed by atoms with Crippen molar-refractivity contribution in [2.45, 2.75) is 19.4 Å². The molecule has 3 aromatic rings. The second-order valence-electron chi connectivity index (χ2n) is 7.30. The molecule has 0 unspecified atom stereocenters. The first-order chi connectivity index (χ1) is 15.0. The van der Waals surface area contributed by atoms with Gasteiger partial charge >= 0.3 is 0 Å². The molecule has 4 rings (SSSR count). The van der Waals surface area contributed by atoms with Gasteiger partial charge in [0, 0.05) is 29.4 Å². The molecule has 0 saturated carbocycles. The summed E-state index contributed by atoms with van der Waals surface area (Å²) in [5.41, 5.74) is 4.04. The van der Waals surface area contributed by atoms with Gasteiger partial charge in [-0.3, -0.25) is 9.78 Å². The fourth-order valence-corrected chi connectivity index (χ4v) is 4.01. The molecule has 1 aliphatic rings. The predicted molar refractivity (Wildman–Crippen MR) is 119 cm³/mol. The lowest BCUT2D eigenvalue weighted by Gasteiger charge is -2.13. The summed E-state index contributed by atoms with van der Waals surface area (Å²) in [4.78, 5) is 16.6. The molecule has 6 nitrogen and oxygen atoms in total. The fraction of sp³-hybridized carbons (Fsp3) is 0.250. The smallest absolute Gasteiger partial charge is 0.253 e. The molecule has 1 atom stereocenters. The Morgan fingerprint density at radius 2 is 2.06 bits per heavy atom. The molecule has 0 radical (unpaired) electrons. The molecule has 1 N–H and O–H groups in total. The number of pyridine rings is 1. The van der Waals surface area contributed by atoms with E-state index in [1.807, 2.05) is 37.3 Å². The first kappa shape index (κ1) is 21.0. The Morgan fingerprint density at radius 3 is 2.81 bits per heavy atom. The van der Waals surface area contributed by atoms with E-state index in [0.29, 0.717) is 35.0 Å². The van der Waals surface area contributed by atoms with Gasteiger partial charge in [0.15, 0.2) is 0 Å². The van der Waals surface area contributed by atoms with Crippen molar-refractivity contribution in [2.24, 2.45) is 0 Å². The number of carbonyl (C=O) groups is 1. The molecule has 0 bridgehead atoms. The molecular formula is C24H23ClN2O4. The highest BCUT2D eigenvalue weighted by Gasteiger charge is 2.27. The lowest BCUT2D eigenvalue weighted by atomic mass is 9.99. The normalized spacial score (nSPS) is 14.5. The van der Waals surface area contributed by atoms with Crippen LogP contribution < -0.4 is 19.5 Å². The lowest BCUT2D eigenvalue weighted by Crippen LogP contribution is -2.34. The quantitative estimate of drug-likeness (QED) is 0.615. The average Bonchev–Trinajstić information content (AvgIpc) is 3.21. The topological polar surface area (TPSA) is 69.7 Å². The van der Waals surface area contributed by atoms with Gasteiger partial charge < -0.3 is 19.5 Å². The van der Waals surface area contributed by atoms with E-state index in [4.69, 9.17) is 25.8 Å². The molecule has 31 heavy (non-hydrogen) atoms. The Labute approximate surface area is 186 Å². The second kappa shape index (κ2) is 8.86. The van der Waals surface area contributed by atoms with E-state index in [1.54, 1.807) is 32.5 Å². The highest BCUT2D eigenvalue weighted by molar-refractivity contribution is 6.32. The van der Waals surface area contributed by atoms with E-state index in [2.05, 4.69) is 10.3 Å². The van der Waals surface area contributed by atoms with Crippen LogP contribution in [0.15, 0.2) is 48.7 Å². The van der Waals surface area contributed by atoms with Crippen LogP contribution in [0.5, 0.6) is 17.2 Å². The largest absolute Gasteiger partial charge is 0.497 e. The minimum absolute atomic E-state index is 0.168. The van der Waals surface area contributed by atoms with Crippen LogP contribution in [-0.4, -0.2) is 37.8 Å². The van der Waals surface area contributed by atoms with Crippen molar-refractivity contribution in [3.05, 3.63) is 70.5 Å². The summed E-state index contributed by atoms with van der Waals surface area (Å²) >= 11 is 6.55. The maximum absolute atomic E-state index is 12.5. The van der Waals surface area contributed by atoms with Gasteiger partial charge in [-0.15, -0.1) is 0 Å². The molecular weight excluding hydrogens is 416 g/mol. The molecule has 1 aromatic heterocycles. The number of fused-ring (bicyclic) bond motifs is 1. The van der Waals surface area contributed by atoms with Crippen LogP contribution in [0.25, 0.3) is 11.1 Å². The van der Waals surface area contributed by atoms with Crippen molar-refractivity contribution < 1.29 is 19.0 Å². The second-order valence-corrected chi connectivity index (χ2v) is 7.71. The SMILES string of the molecule is COc1ccc(OC)c(-c2cc(Cl)c3c(c2)C[C@H](CNC(=O)c2cccnc2C)O3)c1. The lowest BCUT2D eigenvalue weighted by molar-refractivity contribution is 0.0932. The number of aromatic nitrogens is 1. The zero-order valence-electron chi connectivity index (χ0n) is 17.6. The fourth-order valence-electron chi connectivity index (χ4n) is 3.72. The third-order valence-electron chi connectivity index (χ3n) is 5.31. The number of carbonyl (C=O) groups excluding carboxylic acids is 1. The zero-order chi connectivity index (χ0) is 22.0. The molecule has 1 amide bonds. The van der Waals surface area contributed by atoms with Gasteiger partial charge in [0.25, 0.3) is 5.91 Å². The molecule has 2 heterocycles. The Morgan fingerprint density at radius 1 is 1.23 bits per heavy atom. The summed E-state index contributed by atoms with van der Waals surface area (Å²) < 4.78 is 16.9. The number of rotatable bonds is 6. The molecule has 160 valence electrons. The van der Waals surface area contributed by atoms with E-state index in [0.717, 1.165) is 28.2 Å². The number of benzene rings is 2. The van der Waals surface area contributed by atoms with Crippen LogP contribution >= 0.6 is 11.6 Å². The minimum Gasteiger partial charge on any atom is -0.497 e. The molecule has 0 fully saturated rings. The van der Waals surface area contributed by atoms with Crippen molar-refractivity contribution >= 4 is 17.5 Å². The number of aryl methyl sites for hydroxylation is 1. The van der Waals surface area contributed by atoms with E-state index >= 15 is 0 Å². The maximum atomic E-state index is 12.5. The Balaban J connectivity index is 1.52. The van der Waals surface area contributed by atoms with Crippen LogP contribution in [-0.2, 0) is 6.42 Å². The number of halogens is 1. The molecule has 0 saturated heterocycles. The number of methoxy groups -OCH3 is 2. The average molecular weight is 439 g/mol. The molecule has 7 heteroatoms. The molecule has 0 spiro atoms. The summed E-state index contributed by atoms with van der Waals surface area (Å²) in [5, 5.41) is 3.45. The zero-order valence-corrected chi connectivity index (χ0v) is 18.3. The third kappa shape index (κ3) is 4.30. The summed E-state index contributed by atoms with van der Waals surface area (Å²) in [6, 6.07) is 13.0. The summed E-state index contributed by atoms with van der Waals surface area (Å²) in [6.45, 7) is 2.18. The van der Waals surface area contributed by atoms with Crippen molar-refractivity contribution in [1.29, 1.82) is 0 Å². The minimum atomic E-state index is -0.198. The number of amides is 1. The van der Waals surface area contributed by atoms with Crippen LogP contribution in [0.1, 0.15) is 21.6 Å². The first-order valence-corrected chi connectivity index (χ1v) is 10.3. The summed E-state index contributed by atoms with van der Waals surface area (Å²) in [6.07, 6.45) is 2.11. The van der Waals surface area contributed by atoms with Crippen LogP contribution in [0.4, 0.5) is 0 Å². The number of hydrogen-bond acceptors (Lipinski definition) is 5. The van der Waals surface area contributed by atoms with Gasteiger partial charge in [-0.25, -0.2) is 0 Å². The standard InChI is InChI=1S/C24H23ClN2O4/c1-14-19(5-4-8-26-14)24(28)27-13-18-10-16-9-15(11-21(25)23(16)31-18)20-12-17(29-2)6-7-22(20)30-3/h4-9,11-12,18H,10,13H2,1-3H3,(H,27,28)/t18-/m1/s1. The van der Waals surface area contributed by atoms with Gasteiger partial charge in [-0.05, 0) is 55.0 Å². The number of nitrogens with one attached hydrogen (secondary N) is 1. The maximum Gasteiger partial charge on any atom is 0.253 e. The first-order valence-electron chi connectivity index (χ1n) is 9.91. The molecule has 1 aliphatic heterocycles. The van der Waals surface area contributed by atoms with Crippen LogP contribution in [0, 0.1) is 6.92 Å². The number of nitrogens with zero attached hydrogens (tertiary/aromatic N) is 1. The highest BCUT2D eigenvalue weighted by Crippen LogP contribution is 2.42. The van der Waals surface area contributed by atoms with Gasteiger partial charge in [-0.1, -0.05) is 11.6 Å². The third-order valence-corrected chi connectivity index (χ3v) is 5.59. The molecule has 0 aliphatic carbocycles. The van der Waals surface area contributed by atoms with Crippen molar-refractivity contribution in [3.8, 4) is 28.4 Å². The van der Waals surface area contributed by atoms with Crippen LogP contribution in [0.3, 0.4) is 0 Å². The number of ether oxygens (including phenoxy) is 3. The van der Waals surface area contributed by atoms with E-state index in [-0.39, 0.29) is 12.0 Å². The van der Waals surface area contributed by atoms with Gasteiger partial charge in [0.05, 0.1) is 31.4 Å². The summed E-state index contributed by atoms with van der Waals surface area (Å²) in [5.74, 6) is 1.95. The van der Waals surface area contributed by atoms with Crippen LogP contribution in [0.2, 0.25) is 5.02 Å². The van der Waals surface area contributed by atoms with Crippen molar-refractivity contribution in [3.63, 3.8) is 0 Å². The Bertz CT molecular complexity index is 1130. The Kier molecular flexibility index (Phi) is 6.00. The van der Waals surface area contributed by atoms with E-state index in [1.165, 1.54) is 0 Å². The predicted octanol–water partition coefficient (Wildman–Crippen LogP) is 4.46. The van der Waals surface area contributed by atoms with Gasteiger partial charge in [-0.2, -0.15) is 0 Å². The Hall–Kier alpha value is -3.25. The summed E-state index contributed by atoms with van der Waals surface area (Å²) in [7, 11) is 3.26. The van der Waals surface area contributed by atoms with Crippen molar-refractivity contribution in [2.75, 3.05) is 20.8 Å². The van der Waals surface area contributed by atoms with Gasteiger partial charge in [0.2, 0.25) is 0 Å².